The zero-order chi connectivity index (χ0) is 19.6. The van der Waals surface area contributed by atoms with Gasteiger partial charge in [-0.1, -0.05) is 31.7 Å². The second-order valence-corrected chi connectivity index (χ2v) is 7.40. The fourth-order valence-electron chi connectivity index (χ4n) is 2.88. The molecule has 2 amide bonds. The van der Waals surface area contributed by atoms with Crippen LogP contribution in [0.25, 0.3) is 11.6 Å². The maximum atomic E-state index is 11.8. The number of rotatable bonds is 5. The largest absolute Gasteiger partial charge is 0.456 e. The topological polar surface area (TPSA) is 55.4 Å². The summed E-state index contributed by atoms with van der Waals surface area (Å²) in [6, 6.07) is 11.6. The Hall–Kier alpha value is -2.79. The highest BCUT2D eigenvalue weighted by Crippen LogP contribution is 2.35. The third-order valence-corrected chi connectivity index (χ3v) is 5.17. The molecule has 4 nitrogen and oxygen atoms in total. The van der Waals surface area contributed by atoms with Crippen LogP contribution in [0.2, 0.25) is 0 Å². The lowest BCUT2D eigenvalue weighted by Crippen LogP contribution is -2.17. The molecule has 0 radical (unpaired) electrons. The molecule has 1 heterocycles. The van der Waals surface area contributed by atoms with Crippen LogP contribution in [0.5, 0.6) is 11.5 Å². The fourth-order valence-corrected chi connectivity index (χ4v) is 3.56. The number of hydrogen-bond acceptors (Lipinski definition) is 4. The summed E-state index contributed by atoms with van der Waals surface area (Å²) < 4.78 is 6.21. The molecule has 0 aromatic heterocycles. The molecule has 138 valence electrons. The summed E-state index contributed by atoms with van der Waals surface area (Å²) in [7, 11) is 0. The van der Waals surface area contributed by atoms with E-state index in [0.29, 0.717) is 10.7 Å². The first kappa shape index (κ1) is 19.0. The number of imide groups is 1. The van der Waals surface area contributed by atoms with Crippen molar-refractivity contribution in [2.24, 2.45) is 0 Å². The molecule has 3 rings (SSSR count). The molecule has 1 saturated heterocycles. The second kappa shape index (κ2) is 7.84. The van der Waals surface area contributed by atoms with Crippen LogP contribution in [0, 0.1) is 13.8 Å². The van der Waals surface area contributed by atoms with E-state index in [9.17, 15) is 9.59 Å². The smallest absolute Gasteiger partial charge is 0.290 e. The number of hydrogen-bond donors (Lipinski definition) is 1. The molecule has 1 aliphatic heterocycles. The highest BCUT2D eigenvalue weighted by molar-refractivity contribution is 8.18. The third-order valence-electron chi connectivity index (χ3n) is 4.36. The summed E-state index contributed by atoms with van der Waals surface area (Å²) in [5.74, 6) is 1.04. The Morgan fingerprint density at radius 2 is 1.85 bits per heavy atom. The number of para-hydroxylation sites is 1. The average Bonchev–Trinajstić information content (AvgIpc) is 2.95. The predicted octanol–water partition coefficient (Wildman–Crippen LogP) is 5.84. The van der Waals surface area contributed by atoms with Gasteiger partial charge in [0.2, 0.25) is 0 Å². The second-order valence-electron chi connectivity index (χ2n) is 6.39. The number of benzene rings is 2. The molecule has 1 fully saturated rings. The summed E-state index contributed by atoms with van der Waals surface area (Å²) in [6.45, 7) is 10.2. The van der Waals surface area contributed by atoms with Gasteiger partial charge in [-0.3, -0.25) is 14.9 Å². The lowest BCUT2D eigenvalue weighted by Gasteiger charge is -2.16. The molecule has 0 atom stereocenters. The number of allylic oxidation sites excluding steroid dienone is 1. The number of thioether (sulfide) groups is 1. The van der Waals surface area contributed by atoms with Crippen molar-refractivity contribution in [2.75, 3.05) is 0 Å². The molecule has 1 N–H and O–H groups in total. The van der Waals surface area contributed by atoms with Crippen molar-refractivity contribution in [3.8, 4) is 11.5 Å². The molecule has 0 aliphatic carbocycles. The van der Waals surface area contributed by atoms with Gasteiger partial charge >= 0.3 is 0 Å². The number of carbonyl (C=O) groups is 2. The van der Waals surface area contributed by atoms with Crippen LogP contribution in [0.3, 0.4) is 0 Å². The number of amides is 2. The van der Waals surface area contributed by atoms with Gasteiger partial charge in [0.1, 0.15) is 11.5 Å². The molecule has 0 bridgehead atoms. The molecule has 5 heteroatoms. The average molecular weight is 379 g/mol. The van der Waals surface area contributed by atoms with Crippen LogP contribution in [0.4, 0.5) is 4.79 Å². The highest BCUT2D eigenvalue weighted by atomic mass is 32.2. The summed E-state index contributed by atoms with van der Waals surface area (Å²) in [5.41, 5.74) is 4.99. The molecule has 27 heavy (non-hydrogen) atoms. The van der Waals surface area contributed by atoms with Crippen LogP contribution in [0.15, 0.2) is 47.9 Å². The zero-order valence-electron chi connectivity index (χ0n) is 15.6. The van der Waals surface area contributed by atoms with Gasteiger partial charge in [0.15, 0.2) is 0 Å². The first-order valence-corrected chi connectivity index (χ1v) is 9.51. The monoisotopic (exact) mass is 379 g/mol. The van der Waals surface area contributed by atoms with Gasteiger partial charge in [0.05, 0.1) is 4.91 Å². The van der Waals surface area contributed by atoms with Crippen LogP contribution in [-0.2, 0) is 4.79 Å². The lowest BCUT2D eigenvalue weighted by atomic mass is 9.99. The molecular weight excluding hydrogens is 358 g/mol. The normalized spacial score (nSPS) is 15.1. The minimum atomic E-state index is -0.380. The van der Waals surface area contributed by atoms with Gasteiger partial charge in [-0.2, -0.15) is 0 Å². The maximum Gasteiger partial charge on any atom is 0.290 e. The Kier molecular flexibility index (Phi) is 5.51. The van der Waals surface area contributed by atoms with Crippen LogP contribution in [-0.4, -0.2) is 11.1 Å². The maximum absolute atomic E-state index is 11.8. The standard InChI is InChI=1S/C22H21NO3S/c1-5-13(2)17-10-14(3)20(15(4)11-17)26-18-9-7-6-8-16(18)12-19-21(24)23-22(25)27-19/h6-12H,2,5H2,1,3-4H3,(H,23,24,25)/b19-12-. The van der Waals surface area contributed by atoms with Gasteiger partial charge < -0.3 is 4.74 Å². The summed E-state index contributed by atoms with van der Waals surface area (Å²) in [4.78, 5) is 23.6. The fraction of sp³-hybridized carbons (Fsp3) is 0.182. The molecule has 0 saturated carbocycles. The van der Waals surface area contributed by atoms with E-state index in [2.05, 4.69) is 31.0 Å². The van der Waals surface area contributed by atoms with Crippen molar-refractivity contribution in [3.05, 3.63) is 70.1 Å². The van der Waals surface area contributed by atoms with Crippen molar-refractivity contribution in [3.63, 3.8) is 0 Å². The van der Waals surface area contributed by atoms with Crippen molar-refractivity contribution < 1.29 is 14.3 Å². The van der Waals surface area contributed by atoms with Crippen molar-refractivity contribution in [1.82, 2.24) is 5.32 Å². The van der Waals surface area contributed by atoms with E-state index in [1.54, 1.807) is 6.08 Å². The van der Waals surface area contributed by atoms with Gasteiger partial charge in [-0.25, -0.2) is 0 Å². The predicted molar refractivity (Wildman–Crippen MR) is 111 cm³/mol. The van der Waals surface area contributed by atoms with Gasteiger partial charge in [0, 0.05) is 5.56 Å². The van der Waals surface area contributed by atoms with Crippen LogP contribution < -0.4 is 10.1 Å². The number of ether oxygens (including phenoxy) is 1. The SMILES string of the molecule is C=C(CC)c1cc(C)c(Oc2ccccc2/C=C2\SC(=O)NC2=O)c(C)c1. The van der Waals surface area contributed by atoms with E-state index >= 15 is 0 Å². The van der Waals surface area contributed by atoms with E-state index in [4.69, 9.17) is 4.74 Å². The Morgan fingerprint density at radius 1 is 1.19 bits per heavy atom. The van der Waals surface area contributed by atoms with E-state index in [-0.39, 0.29) is 11.1 Å². The molecule has 1 aliphatic rings. The third kappa shape index (κ3) is 4.14. The molecule has 0 spiro atoms. The zero-order valence-corrected chi connectivity index (χ0v) is 16.4. The van der Waals surface area contributed by atoms with Crippen LogP contribution >= 0.6 is 11.8 Å². The summed E-state index contributed by atoms with van der Waals surface area (Å²) in [5, 5.41) is 1.91. The van der Waals surface area contributed by atoms with Gasteiger partial charge in [0.25, 0.3) is 11.1 Å². The number of aryl methyl sites for hydroxylation is 2. The van der Waals surface area contributed by atoms with Crippen molar-refractivity contribution in [1.29, 1.82) is 0 Å². The molecule has 2 aromatic carbocycles. The number of nitrogens with one attached hydrogen (secondary N) is 1. The van der Waals surface area contributed by atoms with E-state index in [0.717, 1.165) is 51.8 Å². The van der Waals surface area contributed by atoms with E-state index in [1.807, 2.05) is 38.1 Å². The van der Waals surface area contributed by atoms with Gasteiger partial charge in [-0.15, -0.1) is 0 Å². The van der Waals surface area contributed by atoms with Crippen LogP contribution in [0.1, 0.15) is 35.6 Å². The molecular formula is C22H21NO3S. The molecule has 2 aromatic rings. The lowest BCUT2D eigenvalue weighted by molar-refractivity contribution is -0.115. The minimum absolute atomic E-state index is 0.358. The first-order valence-electron chi connectivity index (χ1n) is 8.70. The minimum Gasteiger partial charge on any atom is -0.456 e. The quantitative estimate of drug-likeness (QED) is 0.663. The Morgan fingerprint density at radius 3 is 2.44 bits per heavy atom. The van der Waals surface area contributed by atoms with E-state index in [1.165, 1.54) is 0 Å². The number of carbonyl (C=O) groups excluding carboxylic acids is 2. The van der Waals surface area contributed by atoms with Crippen molar-refractivity contribution >= 4 is 34.6 Å². The van der Waals surface area contributed by atoms with E-state index < -0.39 is 0 Å². The first-order chi connectivity index (χ1) is 12.9. The summed E-state index contributed by atoms with van der Waals surface area (Å²) >= 11 is 0.894. The van der Waals surface area contributed by atoms with Crippen molar-refractivity contribution in [2.45, 2.75) is 27.2 Å². The Balaban J connectivity index is 1.96. The Labute approximate surface area is 163 Å². The summed E-state index contributed by atoms with van der Waals surface area (Å²) in [6.07, 6.45) is 2.58. The highest BCUT2D eigenvalue weighted by Gasteiger charge is 2.25. The Bertz CT molecular complexity index is 952. The molecule has 0 unspecified atom stereocenters. The van der Waals surface area contributed by atoms with Gasteiger partial charge in [-0.05, 0) is 78.6 Å².